The van der Waals surface area contributed by atoms with E-state index in [1.165, 1.54) is 12.8 Å². The second-order valence-corrected chi connectivity index (χ2v) is 8.87. The highest BCUT2D eigenvalue weighted by molar-refractivity contribution is 5.69. The molecule has 0 bridgehead atoms. The normalized spacial score (nSPS) is 23.6. The molecule has 1 aliphatic carbocycles. The highest BCUT2D eigenvalue weighted by Gasteiger charge is 2.32. The van der Waals surface area contributed by atoms with Crippen molar-refractivity contribution in [2.24, 2.45) is 11.8 Å². The average Bonchev–Trinajstić information content (AvgIpc) is 3.11. The average molecular weight is 441 g/mol. The Kier molecular flexibility index (Phi) is 15.6. The molecule has 4 nitrogen and oxygen atoms in total. The van der Waals surface area contributed by atoms with Gasteiger partial charge in [-0.05, 0) is 56.8 Å². The summed E-state index contributed by atoms with van der Waals surface area (Å²) in [7, 11) is 0. The van der Waals surface area contributed by atoms with Crippen LogP contribution in [-0.2, 0) is 9.53 Å². The summed E-state index contributed by atoms with van der Waals surface area (Å²) in [5.41, 5.74) is 0. The van der Waals surface area contributed by atoms with Gasteiger partial charge in [0.25, 0.3) is 0 Å². The van der Waals surface area contributed by atoms with Crippen molar-refractivity contribution in [3.63, 3.8) is 0 Å². The van der Waals surface area contributed by atoms with E-state index in [4.69, 9.17) is 4.74 Å². The summed E-state index contributed by atoms with van der Waals surface area (Å²) in [4.78, 5) is 11.7. The number of unbranched alkanes of at least 4 members (excludes halogenated alkanes) is 4. The number of hydrogen-bond acceptors (Lipinski definition) is 4. The topological polar surface area (TPSA) is 66.8 Å². The largest absolute Gasteiger partial charge is 0.466 e. The highest BCUT2D eigenvalue weighted by atomic mass is 19.1. The molecular formula is C26H45FO4. The molecule has 0 saturated heterocycles. The third-order valence-electron chi connectivity index (χ3n) is 6.21. The van der Waals surface area contributed by atoms with Crippen LogP contribution in [0.2, 0.25) is 0 Å². The molecule has 0 aromatic heterocycles. The van der Waals surface area contributed by atoms with E-state index >= 15 is 0 Å². The zero-order chi connectivity index (χ0) is 22.9. The molecule has 1 saturated carbocycles. The number of aliphatic hydroxyl groups is 2. The molecule has 5 heteroatoms. The predicted octanol–water partition coefficient (Wildman–Crippen LogP) is 6.06. The lowest BCUT2D eigenvalue weighted by atomic mass is 9.89. The fourth-order valence-corrected chi connectivity index (χ4v) is 4.18. The minimum Gasteiger partial charge on any atom is -0.466 e. The van der Waals surface area contributed by atoms with Crippen LogP contribution >= 0.6 is 0 Å². The number of alkyl halides is 1. The standard InChI is InChI=1S/C26H45FO4/c1-3-5-7-12-20-31-26(30)15-11-9-8-10-13-22-21(16-18-24(22)28)17-19-25(29)23(27)14-6-4-2/h8-9,17,19,21-25,28-29H,3-7,10-16,18,20H2,1-2H3/b9-8+,19-17?/t21-,22-,23?,24?,25?/m1/s1. The lowest BCUT2D eigenvalue weighted by molar-refractivity contribution is -0.143. The number of allylic oxidation sites excluding steroid dienone is 3. The molecule has 180 valence electrons. The van der Waals surface area contributed by atoms with Crippen LogP contribution in [-0.4, -0.2) is 41.2 Å². The molecular weight excluding hydrogens is 395 g/mol. The van der Waals surface area contributed by atoms with Crippen LogP contribution in [0.4, 0.5) is 4.39 Å². The number of halogens is 1. The van der Waals surface area contributed by atoms with E-state index in [2.05, 4.69) is 13.0 Å². The summed E-state index contributed by atoms with van der Waals surface area (Å²) in [6.45, 7) is 4.69. The number of aliphatic hydroxyl groups excluding tert-OH is 2. The summed E-state index contributed by atoms with van der Waals surface area (Å²) in [5, 5.41) is 20.3. The van der Waals surface area contributed by atoms with E-state index in [0.29, 0.717) is 25.9 Å². The van der Waals surface area contributed by atoms with Gasteiger partial charge < -0.3 is 14.9 Å². The number of rotatable bonds is 17. The Morgan fingerprint density at radius 3 is 2.58 bits per heavy atom. The van der Waals surface area contributed by atoms with Crippen LogP contribution in [0.15, 0.2) is 24.3 Å². The van der Waals surface area contributed by atoms with Crippen molar-refractivity contribution in [2.75, 3.05) is 6.61 Å². The number of esters is 1. The van der Waals surface area contributed by atoms with Gasteiger partial charge in [0.15, 0.2) is 0 Å². The zero-order valence-corrected chi connectivity index (χ0v) is 19.7. The Morgan fingerprint density at radius 1 is 1.10 bits per heavy atom. The molecule has 0 amide bonds. The van der Waals surface area contributed by atoms with Gasteiger partial charge >= 0.3 is 5.97 Å². The Hall–Kier alpha value is -1.20. The number of carbonyl (C=O) groups excluding carboxylic acids is 1. The summed E-state index contributed by atoms with van der Waals surface area (Å²) in [6, 6.07) is 0. The van der Waals surface area contributed by atoms with Crippen molar-refractivity contribution in [3.05, 3.63) is 24.3 Å². The molecule has 31 heavy (non-hydrogen) atoms. The Balaban J connectivity index is 2.26. The van der Waals surface area contributed by atoms with Crippen molar-refractivity contribution in [2.45, 2.75) is 116 Å². The minimum absolute atomic E-state index is 0.134. The SMILES string of the molecule is CCCCCCOC(=O)CC/C=C/CC[C@H]1C(O)CC[C@@H]1C=CC(O)C(F)CCCC. The molecule has 1 aliphatic rings. The molecule has 0 radical (unpaired) electrons. The molecule has 0 spiro atoms. The van der Waals surface area contributed by atoms with E-state index < -0.39 is 12.3 Å². The maximum atomic E-state index is 13.9. The van der Waals surface area contributed by atoms with E-state index in [-0.39, 0.29) is 23.9 Å². The second kappa shape index (κ2) is 17.4. The van der Waals surface area contributed by atoms with Crippen molar-refractivity contribution in [3.8, 4) is 0 Å². The van der Waals surface area contributed by atoms with Crippen LogP contribution in [0.25, 0.3) is 0 Å². The van der Waals surface area contributed by atoms with Crippen molar-refractivity contribution in [1.29, 1.82) is 0 Å². The van der Waals surface area contributed by atoms with Gasteiger partial charge in [-0.2, -0.15) is 0 Å². The Morgan fingerprint density at radius 2 is 1.84 bits per heavy atom. The van der Waals surface area contributed by atoms with E-state index in [9.17, 15) is 19.4 Å². The number of hydrogen-bond donors (Lipinski definition) is 2. The summed E-state index contributed by atoms with van der Waals surface area (Å²) >= 11 is 0. The van der Waals surface area contributed by atoms with Gasteiger partial charge in [0.05, 0.1) is 12.7 Å². The summed E-state index contributed by atoms with van der Waals surface area (Å²) in [5.74, 6) is 0.176. The van der Waals surface area contributed by atoms with Gasteiger partial charge in [0, 0.05) is 6.42 Å². The number of ether oxygens (including phenoxy) is 1. The lowest BCUT2D eigenvalue weighted by Crippen LogP contribution is -2.21. The van der Waals surface area contributed by atoms with Crippen LogP contribution in [0.5, 0.6) is 0 Å². The Labute approximate surface area is 189 Å². The predicted molar refractivity (Wildman–Crippen MR) is 124 cm³/mol. The molecule has 1 fully saturated rings. The third kappa shape index (κ3) is 12.4. The molecule has 3 unspecified atom stereocenters. The van der Waals surface area contributed by atoms with Crippen LogP contribution in [0.1, 0.15) is 97.3 Å². The maximum Gasteiger partial charge on any atom is 0.306 e. The first-order chi connectivity index (χ1) is 15.0. The molecule has 0 heterocycles. The first-order valence-corrected chi connectivity index (χ1v) is 12.5. The summed E-state index contributed by atoms with van der Waals surface area (Å²) < 4.78 is 19.2. The second-order valence-electron chi connectivity index (χ2n) is 8.87. The highest BCUT2D eigenvalue weighted by Crippen LogP contribution is 2.36. The maximum absolute atomic E-state index is 13.9. The molecule has 5 atom stereocenters. The van der Waals surface area contributed by atoms with Crippen LogP contribution in [0, 0.1) is 11.8 Å². The van der Waals surface area contributed by atoms with Crippen molar-refractivity contribution in [1.82, 2.24) is 0 Å². The quantitative estimate of drug-likeness (QED) is 0.164. The van der Waals surface area contributed by atoms with Gasteiger partial charge in [-0.15, -0.1) is 0 Å². The van der Waals surface area contributed by atoms with Gasteiger partial charge in [-0.1, -0.05) is 70.3 Å². The van der Waals surface area contributed by atoms with Gasteiger partial charge in [0.2, 0.25) is 0 Å². The fraction of sp³-hybridized carbons (Fsp3) is 0.808. The molecule has 1 rings (SSSR count). The van der Waals surface area contributed by atoms with Crippen LogP contribution < -0.4 is 0 Å². The van der Waals surface area contributed by atoms with Gasteiger partial charge in [0.1, 0.15) is 12.3 Å². The van der Waals surface area contributed by atoms with E-state index in [0.717, 1.165) is 51.4 Å². The minimum atomic E-state index is -1.22. The lowest BCUT2D eigenvalue weighted by Gasteiger charge is -2.19. The molecule has 0 aliphatic heterocycles. The molecule has 0 aromatic rings. The third-order valence-corrected chi connectivity index (χ3v) is 6.21. The van der Waals surface area contributed by atoms with E-state index in [1.807, 2.05) is 19.1 Å². The Bertz CT molecular complexity index is 520. The summed E-state index contributed by atoms with van der Waals surface area (Å²) in [6.07, 6.45) is 15.8. The monoisotopic (exact) mass is 440 g/mol. The smallest absolute Gasteiger partial charge is 0.306 e. The van der Waals surface area contributed by atoms with Crippen molar-refractivity contribution >= 4 is 5.97 Å². The van der Waals surface area contributed by atoms with Gasteiger partial charge in [-0.3, -0.25) is 4.79 Å². The fourth-order valence-electron chi connectivity index (χ4n) is 4.18. The number of carbonyl (C=O) groups is 1. The molecule has 0 aromatic carbocycles. The van der Waals surface area contributed by atoms with Gasteiger partial charge in [-0.25, -0.2) is 4.39 Å². The molecule has 2 N–H and O–H groups in total. The first-order valence-electron chi connectivity index (χ1n) is 12.5. The van der Waals surface area contributed by atoms with E-state index in [1.54, 1.807) is 6.08 Å². The van der Waals surface area contributed by atoms with Crippen molar-refractivity contribution < 1.29 is 24.1 Å². The first kappa shape index (κ1) is 27.8. The van der Waals surface area contributed by atoms with Crippen LogP contribution in [0.3, 0.4) is 0 Å². The zero-order valence-electron chi connectivity index (χ0n) is 19.7.